The molecule has 0 aliphatic heterocycles. The minimum atomic E-state index is 0.700. The van der Waals surface area contributed by atoms with Crippen molar-refractivity contribution in [3.05, 3.63) is 36.4 Å². The molecule has 0 aromatic heterocycles. The molecule has 0 bridgehead atoms. The van der Waals surface area contributed by atoms with Crippen molar-refractivity contribution in [3.63, 3.8) is 0 Å². The van der Waals surface area contributed by atoms with Gasteiger partial charge in [0.1, 0.15) is 27.2 Å². The van der Waals surface area contributed by atoms with Crippen molar-refractivity contribution in [2.75, 3.05) is 14.2 Å². The monoisotopic (exact) mass is 258 g/mol. The van der Waals surface area contributed by atoms with E-state index in [1.165, 1.54) is 0 Å². The van der Waals surface area contributed by atoms with E-state index in [4.69, 9.17) is 25.2 Å². The van der Waals surface area contributed by atoms with Crippen LogP contribution in [0.3, 0.4) is 0 Å². The molecule has 20 heavy (non-hydrogen) atoms. The van der Waals surface area contributed by atoms with Gasteiger partial charge in [-0.1, -0.05) is 23.1 Å². The lowest BCUT2D eigenvalue weighted by Gasteiger charge is -2.14. The smallest absolute Gasteiger partial charge is 0.119 e. The highest BCUT2D eigenvalue weighted by Gasteiger charge is 2.09. The van der Waals surface area contributed by atoms with Gasteiger partial charge in [0.25, 0.3) is 0 Å². The Morgan fingerprint density at radius 1 is 0.650 bits per heavy atom. The van der Waals surface area contributed by atoms with Gasteiger partial charge in [-0.25, -0.2) is 0 Å². The summed E-state index contributed by atoms with van der Waals surface area (Å²) in [6.07, 6.45) is 0. The molecule has 0 aliphatic carbocycles. The van der Waals surface area contributed by atoms with Crippen LogP contribution < -0.4 is 20.4 Å². The second kappa shape index (κ2) is 4.78. The maximum atomic E-state index is 6.29. The molecule has 0 heterocycles. The van der Waals surface area contributed by atoms with Crippen LogP contribution in [0.25, 0.3) is 21.5 Å². The van der Waals surface area contributed by atoms with Crippen LogP contribution in [0.15, 0.2) is 36.4 Å². The van der Waals surface area contributed by atoms with Gasteiger partial charge in [-0.2, -0.15) is 0 Å². The van der Waals surface area contributed by atoms with E-state index < -0.39 is 0 Å². The molecule has 3 aromatic rings. The summed E-state index contributed by atoms with van der Waals surface area (Å²) in [6.45, 7) is 0. The number of fused-ring (bicyclic) bond motifs is 2. The third kappa shape index (κ3) is 1.83. The zero-order chi connectivity index (χ0) is 14.3. The van der Waals surface area contributed by atoms with Crippen molar-refractivity contribution >= 4 is 48.2 Å². The van der Waals surface area contributed by atoms with E-state index in [9.17, 15) is 0 Å². The fraction of sp³-hybridized carbons (Fsp3) is 0.125. The van der Waals surface area contributed by atoms with Crippen molar-refractivity contribution < 1.29 is 9.47 Å². The van der Waals surface area contributed by atoms with Gasteiger partial charge in [-0.3, -0.25) is 0 Å². The van der Waals surface area contributed by atoms with Crippen molar-refractivity contribution in [3.8, 4) is 11.5 Å². The maximum absolute atomic E-state index is 6.29. The fourth-order valence-corrected chi connectivity index (χ4v) is 2.51. The predicted molar refractivity (Wildman–Crippen MR) is 85.3 cm³/mol. The van der Waals surface area contributed by atoms with Crippen LogP contribution in [0, 0.1) is 0 Å². The molecule has 4 radical (unpaired) electrons. The third-order valence-corrected chi connectivity index (χ3v) is 3.61. The normalized spacial score (nSPS) is 10.9. The summed E-state index contributed by atoms with van der Waals surface area (Å²) in [5, 5.41) is 3.65. The van der Waals surface area contributed by atoms with Gasteiger partial charge in [-0.15, -0.1) is 0 Å². The van der Waals surface area contributed by atoms with Gasteiger partial charge in [0.2, 0.25) is 0 Å². The second-order valence-electron chi connectivity index (χ2n) is 4.65. The highest BCUT2D eigenvalue weighted by molar-refractivity contribution is 6.53. The first-order valence-electron chi connectivity index (χ1n) is 6.28. The van der Waals surface area contributed by atoms with Crippen LogP contribution in [0.5, 0.6) is 11.5 Å². The Hall–Kier alpha value is -2.09. The Morgan fingerprint density at radius 2 is 1.05 bits per heavy atom. The van der Waals surface area contributed by atoms with Crippen LogP contribution in [0.2, 0.25) is 0 Å². The van der Waals surface area contributed by atoms with Crippen LogP contribution in [-0.2, 0) is 0 Å². The molecule has 4 heteroatoms. The number of ether oxygens (including phenoxy) is 2. The molecule has 0 spiro atoms. The zero-order valence-corrected chi connectivity index (χ0v) is 11.4. The molecule has 0 atom stereocenters. The van der Waals surface area contributed by atoms with Crippen molar-refractivity contribution in [2.45, 2.75) is 0 Å². The Morgan fingerprint density at radius 3 is 1.40 bits per heavy atom. The van der Waals surface area contributed by atoms with Crippen molar-refractivity contribution in [1.29, 1.82) is 0 Å². The lowest BCUT2D eigenvalue weighted by Crippen LogP contribution is -2.16. The van der Waals surface area contributed by atoms with Gasteiger partial charge in [0.15, 0.2) is 0 Å². The average molecular weight is 258 g/mol. The lowest BCUT2D eigenvalue weighted by atomic mass is 9.77. The third-order valence-electron chi connectivity index (χ3n) is 3.61. The highest BCUT2D eigenvalue weighted by Crippen LogP contribution is 2.24. The van der Waals surface area contributed by atoms with E-state index in [2.05, 4.69) is 0 Å². The molecular weight excluding hydrogens is 246 g/mol. The number of rotatable bonds is 2. The topological polar surface area (TPSA) is 18.5 Å². The van der Waals surface area contributed by atoms with Crippen LogP contribution >= 0.6 is 0 Å². The Labute approximate surface area is 120 Å². The molecule has 3 rings (SSSR count). The first kappa shape index (κ1) is 12.9. The van der Waals surface area contributed by atoms with E-state index in [-0.39, 0.29) is 0 Å². The van der Waals surface area contributed by atoms with E-state index in [0.29, 0.717) is 10.9 Å². The number of hydrogen-bond donors (Lipinski definition) is 0. The number of benzene rings is 3. The maximum Gasteiger partial charge on any atom is 0.119 e. The summed E-state index contributed by atoms with van der Waals surface area (Å²) in [7, 11) is 15.8. The molecule has 0 N–H and O–H groups in total. The average Bonchev–Trinajstić information content (AvgIpc) is 2.51. The Balaban J connectivity index is 2.46. The Kier molecular flexibility index (Phi) is 3.09. The zero-order valence-electron chi connectivity index (χ0n) is 11.4. The summed E-state index contributed by atoms with van der Waals surface area (Å²) in [5.74, 6) is 1.52. The van der Waals surface area contributed by atoms with E-state index in [1.807, 2.05) is 36.4 Å². The number of hydrogen-bond acceptors (Lipinski definition) is 2. The SMILES string of the molecule is [B]c1c2ccc(OC)cc2c([B])c2ccc(OC)cc12. The molecule has 0 saturated heterocycles. The molecule has 3 aromatic carbocycles. The quantitative estimate of drug-likeness (QED) is 0.513. The summed E-state index contributed by atoms with van der Waals surface area (Å²) in [6, 6.07) is 11.4. The van der Waals surface area contributed by atoms with Crippen LogP contribution in [0.4, 0.5) is 0 Å². The Bertz CT molecular complexity index is 743. The fourth-order valence-electron chi connectivity index (χ4n) is 2.51. The minimum Gasteiger partial charge on any atom is -0.497 e. The molecule has 0 unspecified atom stereocenters. The summed E-state index contributed by atoms with van der Waals surface area (Å²) >= 11 is 0. The summed E-state index contributed by atoms with van der Waals surface area (Å²) in [4.78, 5) is 0. The van der Waals surface area contributed by atoms with E-state index >= 15 is 0 Å². The van der Waals surface area contributed by atoms with E-state index in [0.717, 1.165) is 33.0 Å². The van der Waals surface area contributed by atoms with Gasteiger partial charge in [-0.05, 0) is 45.8 Å². The molecule has 0 amide bonds. The van der Waals surface area contributed by atoms with Gasteiger partial charge in [0.05, 0.1) is 14.2 Å². The molecule has 0 fully saturated rings. The molecule has 2 nitrogen and oxygen atoms in total. The van der Waals surface area contributed by atoms with E-state index in [1.54, 1.807) is 14.2 Å². The molecule has 94 valence electrons. The molecular formula is C16H12B2O2. The largest absolute Gasteiger partial charge is 0.497 e. The second-order valence-corrected chi connectivity index (χ2v) is 4.65. The standard InChI is InChI=1S/C16H12B2O2/c1-19-9-3-5-11-13(7-9)15(17)12-6-4-10(20-2)8-14(12)16(11)18/h3-8H,1-2H3. The lowest BCUT2D eigenvalue weighted by molar-refractivity contribution is 0.415. The summed E-state index contributed by atoms with van der Waals surface area (Å²) < 4.78 is 10.5. The van der Waals surface area contributed by atoms with Crippen LogP contribution in [0.1, 0.15) is 0 Å². The summed E-state index contributed by atoms with van der Waals surface area (Å²) in [5.41, 5.74) is 1.40. The van der Waals surface area contributed by atoms with Gasteiger partial charge < -0.3 is 9.47 Å². The minimum absolute atomic E-state index is 0.700. The predicted octanol–water partition coefficient (Wildman–Crippen LogP) is 1.60. The van der Waals surface area contributed by atoms with Crippen LogP contribution in [-0.4, -0.2) is 29.9 Å². The first-order chi connectivity index (χ1) is 9.65. The van der Waals surface area contributed by atoms with Crippen molar-refractivity contribution in [2.24, 2.45) is 0 Å². The molecule has 0 aliphatic rings. The first-order valence-corrected chi connectivity index (χ1v) is 6.28. The van der Waals surface area contributed by atoms with Crippen molar-refractivity contribution in [1.82, 2.24) is 0 Å². The van der Waals surface area contributed by atoms with Gasteiger partial charge >= 0.3 is 0 Å². The number of methoxy groups -OCH3 is 2. The highest BCUT2D eigenvalue weighted by atomic mass is 16.5. The molecule has 0 saturated carbocycles. The van der Waals surface area contributed by atoms with Gasteiger partial charge in [0, 0.05) is 0 Å².